The van der Waals surface area contributed by atoms with Crippen molar-refractivity contribution in [3.8, 4) is 5.69 Å². The fraction of sp³-hybridized carbons (Fsp3) is 0.154. The van der Waals surface area contributed by atoms with E-state index < -0.39 is 0 Å². The van der Waals surface area contributed by atoms with Crippen molar-refractivity contribution < 1.29 is 9.53 Å². The summed E-state index contributed by atoms with van der Waals surface area (Å²) in [6.45, 7) is 0.603. The SMILES string of the molecule is COC(=O)c1ccccc1-n1cccc1C1C(c2ccccn2)NC(=S)N1Cc1ccncc1. The lowest BCUT2D eigenvalue weighted by molar-refractivity contribution is 0.0600. The molecule has 4 aromatic rings. The van der Waals surface area contributed by atoms with Gasteiger partial charge in [0.15, 0.2) is 5.11 Å². The quantitative estimate of drug-likeness (QED) is 0.335. The number of esters is 1. The molecule has 2 atom stereocenters. The molecule has 1 fully saturated rings. The monoisotopic (exact) mass is 469 g/mol. The highest BCUT2D eigenvalue weighted by Crippen LogP contribution is 2.40. The second kappa shape index (κ2) is 9.44. The Morgan fingerprint density at radius 3 is 2.59 bits per heavy atom. The number of ether oxygens (including phenoxy) is 1. The third-order valence-electron chi connectivity index (χ3n) is 5.95. The third-order valence-corrected chi connectivity index (χ3v) is 6.30. The minimum atomic E-state index is -0.384. The summed E-state index contributed by atoms with van der Waals surface area (Å²) in [6.07, 6.45) is 7.30. The first-order valence-electron chi connectivity index (χ1n) is 10.9. The van der Waals surface area contributed by atoms with Gasteiger partial charge < -0.3 is 19.5 Å². The van der Waals surface area contributed by atoms with E-state index in [9.17, 15) is 4.79 Å². The van der Waals surface area contributed by atoms with E-state index in [-0.39, 0.29) is 18.1 Å². The number of pyridine rings is 2. The van der Waals surface area contributed by atoms with Crippen LogP contribution in [0.5, 0.6) is 0 Å². The standard InChI is InChI=1S/C26H23N5O2S/c1-33-25(32)19-7-2-3-9-21(19)30-16-6-10-22(30)24-23(20-8-4-5-13-28-20)29-26(34)31(24)17-18-11-14-27-15-12-18/h2-16,23-24H,17H2,1H3,(H,29,34). The Kier molecular flexibility index (Phi) is 6.05. The number of benzene rings is 1. The van der Waals surface area contributed by atoms with Gasteiger partial charge in [-0.25, -0.2) is 4.79 Å². The van der Waals surface area contributed by atoms with Gasteiger partial charge in [-0.1, -0.05) is 18.2 Å². The maximum absolute atomic E-state index is 12.5. The van der Waals surface area contributed by atoms with Crippen LogP contribution in [0.2, 0.25) is 0 Å². The first kappa shape index (κ1) is 21.8. The Labute approximate surface area is 203 Å². The minimum absolute atomic E-state index is 0.170. The molecule has 0 radical (unpaired) electrons. The molecule has 0 saturated carbocycles. The molecule has 1 aliphatic heterocycles. The van der Waals surface area contributed by atoms with Gasteiger partial charge in [-0.3, -0.25) is 9.97 Å². The average molecular weight is 470 g/mol. The Hall–Kier alpha value is -4.04. The normalized spacial score (nSPS) is 17.4. The smallest absolute Gasteiger partial charge is 0.339 e. The van der Waals surface area contributed by atoms with E-state index >= 15 is 0 Å². The van der Waals surface area contributed by atoms with Crippen molar-refractivity contribution in [2.45, 2.75) is 18.6 Å². The van der Waals surface area contributed by atoms with Crippen molar-refractivity contribution in [3.05, 3.63) is 114 Å². The number of carbonyl (C=O) groups is 1. The summed E-state index contributed by atoms with van der Waals surface area (Å²) < 4.78 is 7.07. The summed E-state index contributed by atoms with van der Waals surface area (Å²) in [5.74, 6) is -0.384. The zero-order valence-corrected chi connectivity index (χ0v) is 19.4. The van der Waals surface area contributed by atoms with Gasteiger partial charge in [0, 0.05) is 37.0 Å². The van der Waals surface area contributed by atoms with Crippen LogP contribution in [0.25, 0.3) is 5.69 Å². The van der Waals surface area contributed by atoms with Gasteiger partial charge in [0.1, 0.15) is 0 Å². The lowest BCUT2D eigenvalue weighted by atomic mass is 10.0. The van der Waals surface area contributed by atoms with Crippen molar-refractivity contribution in [2.24, 2.45) is 0 Å². The average Bonchev–Trinajstić information content (AvgIpc) is 3.49. The summed E-state index contributed by atoms with van der Waals surface area (Å²) in [5, 5.41) is 4.13. The molecule has 2 unspecified atom stereocenters. The Bertz CT molecular complexity index is 1310. The highest BCUT2D eigenvalue weighted by molar-refractivity contribution is 7.80. The lowest BCUT2D eigenvalue weighted by Gasteiger charge is -2.29. The van der Waals surface area contributed by atoms with Crippen LogP contribution in [0.15, 0.2) is 91.5 Å². The molecule has 34 heavy (non-hydrogen) atoms. The van der Waals surface area contributed by atoms with Crippen LogP contribution < -0.4 is 5.32 Å². The molecule has 3 aromatic heterocycles. The van der Waals surface area contributed by atoms with Crippen molar-refractivity contribution in [3.63, 3.8) is 0 Å². The van der Waals surface area contributed by atoms with E-state index in [0.717, 1.165) is 22.6 Å². The van der Waals surface area contributed by atoms with Gasteiger partial charge in [-0.2, -0.15) is 0 Å². The number of methoxy groups -OCH3 is 1. The molecule has 8 heteroatoms. The molecule has 0 amide bonds. The molecule has 1 N–H and O–H groups in total. The van der Waals surface area contributed by atoms with Crippen LogP contribution in [-0.2, 0) is 11.3 Å². The fourth-order valence-electron chi connectivity index (χ4n) is 4.40. The topological polar surface area (TPSA) is 72.3 Å². The first-order valence-corrected chi connectivity index (χ1v) is 11.3. The number of para-hydroxylation sites is 1. The predicted molar refractivity (Wildman–Crippen MR) is 132 cm³/mol. The van der Waals surface area contributed by atoms with E-state index in [1.807, 2.05) is 65.4 Å². The zero-order chi connectivity index (χ0) is 23.5. The molecule has 0 bridgehead atoms. The molecule has 1 aliphatic rings. The van der Waals surface area contributed by atoms with E-state index in [1.165, 1.54) is 7.11 Å². The van der Waals surface area contributed by atoms with Gasteiger partial charge in [-0.15, -0.1) is 0 Å². The molecule has 170 valence electrons. The number of hydrogen-bond acceptors (Lipinski definition) is 5. The number of aromatic nitrogens is 3. The van der Waals surface area contributed by atoms with Crippen molar-refractivity contribution in [1.29, 1.82) is 0 Å². The van der Waals surface area contributed by atoms with Crippen molar-refractivity contribution in [1.82, 2.24) is 24.8 Å². The number of thiocarbonyl (C=S) groups is 1. The summed E-state index contributed by atoms with van der Waals surface area (Å²) in [5.41, 5.74) is 4.20. The Morgan fingerprint density at radius 2 is 1.82 bits per heavy atom. The molecule has 7 nitrogen and oxygen atoms in total. The second-order valence-corrected chi connectivity index (χ2v) is 8.31. The van der Waals surface area contributed by atoms with Gasteiger partial charge in [0.2, 0.25) is 0 Å². The van der Waals surface area contributed by atoms with Gasteiger partial charge in [-0.05, 0) is 66.3 Å². The van der Waals surface area contributed by atoms with E-state index in [1.54, 1.807) is 24.7 Å². The molecule has 0 aliphatic carbocycles. The number of nitrogens with zero attached hydrogens (tertiary/aromatic N) is 4. The Morgan fingerprint density at radius 1 is 1.03 bits per heavy atom. The van der Waals surface area contributed by atoms with Crippen LogP contribution in [0, 0.1) is 0 Å². The van der Waals surface area contributed by atoms with Crippen molar-refractivity contribution >= 4 is 23.3 Å². The summed E-state index contributed by atoms with van der Waals surface area (Å²) in [6, 6.07) is 21.0. The summed E-state index contributed by atoms with van der Waals surface area (Å²) in [4.78, 5) is 23.4. The van der Waals surface area contributed by atoms with E-state index in [4.69, 9.17) is 17.0 Å². The fourth-order valence-corrected chi connectivity index (χ4v) is 4.71. The second-order valence-electron chi connectivity index (χ2n) is 7.92. The molecule has 0 spiro atoms. The predicted octanol–water partition coefficient (Wildman–Crippen LogP) is 4.23. The van der Waals surface area contributed by atoms with Gasteiger partial charge >= 0.3 is 5.97 Å². The number of nitrogens with one attached hydrogen (secondary N) is 1. The number of carbonyl (C=O) groups excluding carboxylic acids is 1. The van der Waals surface area contributed by atoms with Crippen LogP contribution in [0.1, 0.15) is 39.4 Å². The number of hydrogen-bond donors (Lipinski definition) is 1. The highest BCUT2D eigenvalue weighted by Gasteiger charge is 2.41. The molecule has 5 rings (SSSR count). The van der Waals surface area contributed by atoms with Crippen LogP contribution in [-0.4, -0.2) is 37.6 Å². The number of rotatable bonds is 6. The molecular weight excluding hydrogens is 446 g/mol. The molecular formula is C26H23N5O2S. The Balaban J connectivity index is 1.63. The zero-order valence-electron chi connectivity index (χ0n) is 18.5. The van der Waals surface area contributed by atoms with Crippen LogP contribution in [0.3, 0.4) is 0 Å². The van der Waals surface area contributed by atoms with E-state index in [0.29, 0.717) is 17.2 Å². The summed E-state index contributed by atoms with van der Waals surface area (Å²) in [7, 11) is 1.39. The largest absolute Gasteiger partial charge is 0.465 e. The molecule has 1 aromatic carbocycles. The van der Waals surface area contributed by atoms with Crippen LogP contribution >= 0.6 is 12.2 Å². The molecule has 1 saturated heterocycles. The maximum Gasteiger partial charge on any atom is 0.339 e. The summed E-state index contributed by atoms with van der Waals surface area (Å²) >= 11 is 5.80. The molecule has 4 heterocycles. The van der Waals surface area contributed by atoms with Crippen LogP contribution in [0.4, 0.5) is 0 Å². The minimum Gasteiger partial charge on any atom is -0.465 e. The lowest BCUT2D eigenvalue weighted by Crippen LogP contribution is -2.30. The van der Waals surface area contributed by atoms with Crippen molar-refractivity contribution in [2.75, 3.05) is 7.11 Å². The highest BCUT2D eigenvalue weighted by atomic mass is 32.1. The van der Waals surface area contributed by atoms with Gasteiger partial charge in [0.05, 0.1) is 36.1 Å². The van der Waals surface area contributed by atoms with Gasteiger partial charge in [0.25, 0.3) is 0 Å². The first-order chi connectivity index (χ1) is 16.7. The van der Waals surface area contributed by atoms with E-state index in [2.05, 4.69) is 26.3 Å². The maximum atomic E-state index is 12.5. The third kappa shape index (κ3) is 4.04.